The molecule has 0 spiro atoms. The predicted octanol–water partition coefficient (Wildman–Crippen LogP) is 5.24. The Kier molecular flexibility index (Phi) is 6.34. The van der Waals surface area contributed by atoms with E-state index in [2.05, 4.69) is 31.6 Å². The molecule has 0 aliphatic rings. The molecule has 5 nitrogen and oxygen atoms in total. The number of H-pyrrole nitrogens is 1. The molecule has 0 unspecified atom stereocenters. The highest BCUT2D eigenvalue weighted by atomic mass is 79.9. The van der Waals surface area contributed by atoms with Crippen molar-refractivity contribution >= 4 is 39.7 Å². The summed E-state index contributed by atoms with van der Waals surface area (Å²) >= 11 is 14.7. The minimum absolute atomic E-state index is 0.484. The fourth-order valence-electron chi connectivity index (χ4n) is 2.41. The van der Waals surface area contributed by atoms with Gasteiger partial charge in [-0.1, -0.05) is 36.7 Å². The van der Waals surface area contributed by atoms with Gasteiger partial charge in [-0.2, -0.15) is 5.10 Å². The van der Waals surface area contributed by atoms with Crippen LogP contribution in [-0.4, -0.2) is 14.9 Å². The van der Waals surface area contributed by atoms with Crippen molar-refractivity contribution in [3.05, 3.63) is 73.7 Å². The van der Waals surface area contributed by atoms with Gasteiger partial charge in [-0.05, 0) is 63.5 Å². The average Bonchev–Trinajstić information content (AvgIpc) is 3.00. The smallest absolute Gasteiger partial charge is 0.214 e. The van der Waals surface area contributed by atoms with E-state index in [0.29, 0.717) is 17.9 Å². The zero-order valence-electron chi connectivity index (χ0n) is 14.1. The average molecular weight is 454 g/mol. The van der Waals surface area contributed by atoms with Crippen molar-refractivity contribution in [1.29, 1.82) is 0 Å². The Balaban J connectivity index is 1.62. The maximum Gasteiger partial charge on any atom is 0.214 e. The Morgan fingerprint density at radius 1 is 1.23 bits per heavy atom. The van der Waals surface area contributed by atoms with Gasteiger partial charge in [-0.15, -0.1) is 0 Å². The van der Waals surface area contributed by atoms with Gasteiger partial charge in [0.15, 0.2) is 5.82 Å². The second-order valence-electron chi connectivity index (χ2n) is 5.65. The summed E-state index contributed by atoms with van der Waals surface area (Å²) in [6.45, 7) is 3.14. The highest BCUT2D eigenvalue weighted by Gasteiger charge is 2.06. The predicted molar refractivity (Wildman–Crippen MR) is 110 cm³/mol. The Morgan fingerprint density at radius 2 is 1.96 bits per heavy atom. The van der Waals surface area contributed by atoms with Gasteiger partial charge in [0.2, 0.25) is 4.77 Å². The molecule has 0 amide bonds. The zero-order chi connectivity index (χ0) is 18.5. The van der Waals surface area contributed by atoms with Crippen molar-refractivity contribution in [1.82, 2.24) is 14.9 Å². The van der Waals surface area contributed by atoms with Crippen LogP contribution in [0.3, 0.4) is 0 Å². The van der Waals surface area contributed by atoms with Crippen LogP contribution in [0.15, 0.2) is 46.9 Å². The van der Waals surface area contributed by atoms with Crippen LogP contribution in [0.4, 0.5) is 0 Å². The van der Waals surface area contributed by atoms with Crippen LogP contribution in [0, 0.1) is 4.77 Å². The number of nitrogens with zero attached hydrogens (tertiary/aromatic N) is 2. The molecule has 2 N–H and O–H groups in total. The summed E-state index contributed by atoms with van der Waals surface area (Å²) in [5.74, 6) is 1.66. The number of halogens is 2. The van der Waals surface area contributed by atoms with Crippen LogP contribution in [0.5, 0.6) is 5.75 Å². The van der Waals surface area contributed by atoms with Crippen LogP contribution in [0.25, 0.3) is 0 Å². The van der Waals surface area contributed by atoms with Crippen LogP contribution in [-0.2, 0) is 19.6 Å². The second kappa shape index (κ2) is 8.70. The normalized spacial score (nSPS) is 10.7. The van der Waals surface area contributed by atoms with Gasteiger partial charge in [0.25, 0.3) is 0 Å². The van der Waals surface area contributed by atoms with Crippen molar-refractivity contribution in [2.75, 3.05) is 5.43 Å². The van der Waals surface area contributed by atoms with Gasteiger partial charge >= 0.3 is 0 Å². The first kappa shape index (κ1) is 18.9. The molecular formula is C18H18BrClN4OS. The van der Waals surface area contributed by atoms with Crippen LogP contribution in [0.1, 0.15) is 23.9 Å². The lowest BCUT2D eigenvalue weighted by Gasteiger charge is -2.12. The third-order valence-corrected chi connectivity index (χ3v) is 4.95. The molecule has 0 aliphatic heterocycles. The molecule has 0 radical (unpaired) electrons. The first-order valence-corrected chi connectivity index (χ1v) is 9.70. The molecule has 3 aromatic rings. The zero-order valence-corrected chi connectivity index (χ0v) is 17.3. The maximum atomic E-state index is 5.90. The fourth-order valence-corrected chi connectivity index (χ4v) is 3.30. The molecule has 0 fully saturated rings. The lowest BCUT2D eigenvalue weighted by molar-refractivity contribution is 0.304. The molecule has 136 valence electrons. The minimum atomic E-state index is 0.484. The quantitative estimate of drug-likeness (QED) is 0.480. The number of aromatic nitrogens is 3. The number of aryl methyl sites for hydroxylation is 1. The SMILES string of the molecule is CCc1n[nH]c(=S)n1NCc1ccc(OCc2ccc(Cl)cc2)c(Br)c1. The molecule has 1 aromatic heterocycles. The lowest BCUT2D eigenvalue weighted by Crippen LogP contribution is -2.17. The van der Waals surface area contributed by atoms with E-state index in [0.717, 1.165) is 38.6 Å². The molecule has 2 aromatic carbocycles. The fraction of sp³-hybridized carbons (Fsp3) is 0.222. The molecule has 3 rings (SSSR count). The number of nitrogens with one attached hydrogen (secondary N) is 2. The van der Waals surface area contributed by atoms with Crippen molar-refractivity contribution in [3.63, 3.8) is 0 Å². The van der Waals surface area contributed by atoms with E-state index >= 15 is 0 Å². The number of hydrogen-bond donors (Lipinski definition) is 2. The van der Waals surface area contributed by atoms with Crippen molar-refractivity contribution in [3.8, 4) is 5.75 Å². The highest BCUT2D eigenvalue weighted by molar-refractivity contribution is 9.10. The number of rotatable bonds is 7. The van der Waals surface area contributed by atoms with Crippen molar-refractivity contribution < 1.29 is 4.74 Å². The molecular weight excluding hydrogens is 436 g/mol. The Bertz CT molecular complexity index is 939. The minimum Gasteiger partial charge on any atom is -0.488 e. The number of benzene rings is 2. The van der Waals surface area contributed by atoms with Gasteiger partial charge < -0.3 is 10.2 Å². The number of ether oxygens (including phenoxy) is 1. The summed E-state index contributed by atoms with van der Waals surface area (Å²) in [6.07, 6.45) is 0.793. The van der Waals surface area contributed by atoms with E-state index in [-0.39, 0.29) is 0 Å². The third kappa shape index (κ3) is 4.66. The van der Waals surface area contributed by atoms with E-state index in [1.165, 1.54) is 0 Å². The van der Waals surface area contributed by atoms with E-state index < -0.39 is 0 Å². The second-order valence-corrected chi connectivity index (χ2v) is 7.33. The largest absolute Gasteiger partial charge is 0.488 e. The summed E-state index contributed by atoms with van der Waals surface area (Å²) in [5.41, 5.74) is 5.44. The standard InChI is InChI=1S/C18H18BrClN4OS/c1-2-17-22-23-18(26)24(17)21-10-13-5-8-16(15(19)9-13)25-11-12-3-6-14(20)7-4-12/h3-9,21H,2,10-11H2,1H3,(H,23,26). The van der Waals surface area contributed by atoms with Crippen molar-refractivity contribution in [2.24, 2.45) is 0 Å². The first-order valence-electron chi connectivity index (χ1n) is 8.12. The molecule has 1 heterocycles. The summed E-state index contributed by atoms with van der Waals surface area (Å²) in [4.78, 5) is 0. The van der Waals surface area contributed by atoms with Gasteiger partial charge in [-0.25, -0.2) is 4.68 Å². The maximum absolute atomic E-state index is 5.90. The molecule has 0 saturated heterocycles. The Hall–Kier alpha value is -1.83. The molecule has 0 bridgehead atoms. The van der Waals surface area contributed by atoms with Crippen LogP contribution >= 0.6 is 39.7 Å². The van der Waals surface area contributed by atoms with Crippen molar-refractivity contribution in [2.45, 2.75) is 26.5 Å². The summed E-state index contributed by atoms with van der Waals surface area (Å²) < 4.78 is 9.14. The Morgan fingerprint density at radius 3 is 2.65 bits per heavy atom. The van der Waals surface area contributed by atoms with Gasteiger partial charge in [0.05, 0.1) is 11.0 Å². The van der Waals surface area contributed by atoms with Gasteiger partial charge in [-0.3, -0.25) is 5.10 Å². The molecule has 0 atom stereocenters. The van der Waals surface area contributed by atoms with Crippen LogP contribution in [0.2, 0.25) is 5.02 Å². The topological polar surface area (TPSA) is 54.9 Å². The monoisotopic (exact) mass is 452 g/mol. The summed E-state index contributed by atoms with van der Waals surface area (Å²) in [5, 5.41) is 7.70. The number of hydrogen-bond acceptors (Lipinski definition) is 4. The molecule has 8 heteroatoms. The Labute approximate surface area is 170 Å². The lowest BCUT2D eigenvalue weighted by atomic mass is 10.2. The first-order chi connectivity index (χ1) is 12.6. The van der Waals surface area contributed by atoms with E-state index in [4.69, 9.17) is 28.6 Å². The molecule has 0 aliphatic carbocycles. The van der Waals surface area contributed by atoms with Crippen LogP contribution < -0.4 is 10.2 Å². The number of aromatic amines is 1. The molecule has 0 saturated carbocycles. The van der Waals surface area contributed by atoms with E-state index in [1.54, 1.807) is 4.68 Å². The van der Waals surface area contributed by atoms with Gasteiger partial charge in [0, 0.05) is 11.4 Å². The third-order valence-electron chi connectivity index (χ3n) is 3.80. The van der Waals surface area contributed by atoms with E-state index in [9.17, 15) is 0 Å². The summed E-state index contributed by atoms with van der Waals surface area (Å²) in [7, 11) is 0. The highest BCUT2D eigenvalue weighted by Crippen LogP contribution is 2.27. The molecule has 26 heavy (non-hydrogen) atoms. The van der Waals surface area contributed by atoms with E-state index in [1.807, 2.05) is 49.4 Å². The van der Waals surface area contributed by atoms with Gasteiger partial charge in [0.1, 0.15) is 12.4 Å². The summed E-state index contributed by atoms with van der Waals surface area (Å²) in [6, 6.07) is 13.6.